The highest BCUT2D eigenvalue weighted by Gasteiger charge is 2.22. The molecule has 7 heteroatoms. The Bertz CT molecular complexity index is 1040. The number of aromatic nitrogens is 3. The number of carbonyl (C=O) groups is 1. The molecule has 1 aliphatic rings. The molecule has 144 valence electrons. The smallest absolute Gasteiger partial charge is 0.251 e. The molecule has 0 bridgehead atoms. The minimum absolute atomic E-state index is 0.0809. The van der Waals surface area contributed by atoms with Crippen molar-refractivity contribution in [3.05, 3.63) is 64.2 Å². The molecule has 3 aromatic rings. The van der Waals surface area contributed by atoms with Gasteiger partial charge in [0, 0.05) is 56.1 Å². The number of carbonyl (C=O) groups excluding carboxylic acids is 1. The zero-order chi connectivity index (χ0) is 19.5. The van der Waals surface area contributed by atoms with Crippen molar-refractivity contribution in [2.45, 2.75) is 19.8 Å². The van der Waals surface area contributed by atoms with Crippen LogP contribution in [-0.2, 0) is 11.2 Å². The lowest BCUT2D eigenvalue weighted by Gasteiger charge is -2.34. The van der Waals surface area contributed by atoms with E-state index in [1.165, 1.54) is 0 Å². The summed E-state index contributed by atoms with van der Waals surface area (Å²) >= 11 is 0. The second-order valence-corrected chi connectivity index (χ2v) is 7.13. The molecular formula is C21H23N5O2. The number of anilines is 1. The third kappa shape index (κ3) is 3.88. The predicted octanol–water partition coefficient (Wildman–Crippen LogP) is 1.91. The van der Waals surface area contributed by atoms with Crippen LogP contribution in [0.15, 0.2) is 47.5 Å². The average Bonchev–Trinajstić information content (AvgIpc) is 2.73. The fraction of sp³-hybridized carbons (Fsp3) is 0.333. The first kappa shape index (κ1) is 18.2. The van der Waals surface area contributed by atoms with Crippen LogP contribution in [0.3, 0.4) is 0 Å². The highest BCUT2D eigenvalue weighted by atomic mass is 16.2. The maximum absolute atomic E-state index is 12.6. The first-order valence-corrected chi connectivity index (χ1v) is 9.52. The Morgan fingerprint density at radius 1 is 1.11 bits per heavy atom. The topological polar surface area (TPSA) is 82.2 Å². The molecule has 0 unspecified atom stereocenters. The van der Waals surface area contributed by atoms with Gasteiger partial charge in [-0.2, -0.15) is 0 Å². The quantitative estimate of drug-likeness (QED) is 0.751. The van der Waals surface area contributed by atoms with Gasteiger partial charge in [0.2, 0.25) is 11.9 Å². The van der Waals surface area contributed by atoms with Crippen molar-refractivity contribution >= 4 is 22.8 Å². The van der Waals surface area contributed by atoms with E-state index in [0.717, 1.165) is 16.5 Å². The zero-order valence-corrected chi connectivity index (χ0v) is 15.9. The molecular weight excluding hydrogens is 354 g/mol. The number of pyridine rings is 1. The van der Waals surface area contributed by atoms with Crippen molar-refractivity contribution in [2.75, 3.05) is 31.1 Å². The monoisotopic (exact) mass is 377 g/mol. The number of nitrogens with zero attached hydrogens (tertiary/aromatic N) is 4. The number of benzene rings is 1. The Hall–Kier alpha value is -3.22. The Labute approximate surface area is 163 Å². The minimum Gasteiger partial charge on any atom is -0.339 e. The molecule has 1 saturated heterocycles. The summed E-state index contributed by atoms with van der Waals surface area (Å²) in [5, 5.41) is 0.999. The number of aromatic amines is 1. The molecule has 1 amide bonds. The molecule has 1 N–H and O–H groups in total. The molecule has 3 heterocycles. The van der Waals surface area contributed by atoms with E-state index in [2.05, 4.69) is 19.9 Å². The number of fused-ring (bicyclic) bond motifs is 1. The van der Waals surface area contributed by atoms with Gasteiger partial charge in [0.25, 0.3) is 5.56 Å². The lowest BCUT2D eigenvalue weighted by Crippen LogP contribution is -2.49. The maximum Gasteiger partial charge on any atom is 0.251 e. The van der Waals surface area contributed by atoms with Gasteiger partial charge in [0.15, 0.2) is 0 Å². The number of piperazine rings is 1. The average molecular weight is 377 g/mol. The summed E-state index contributed by atoms with van der Waals surface area (Å²) in [5.74, 6) is 0.782. The molecule has 0 atom stereocenters. The van der Waals surface area contributed by atoms with Crippen LogP contribution in [-0.4, -0.2) is 51.9 Å². The third-order valence-corrected chi connectivity index (χ3v) is 5.15. The molecule has 0 radical (unpaired) electrons. The van der Waals surface area contributed by atoms with Gasteiger partial charge < -0.3 is 14.8 Å². The summed E-state index contributed by atoms with van der Waals surface area (Å²) in [6.45, 7) is 4.74. The highest BCUT2D eigenvalue weighted by Crippen LogP contribution is 2.15. The van der Waals surface area contributed by atoms with Gasteiger partial charge in [-0.25, -0.2) is 9.97 Å². The summed E-state index contributed by atoms with van der Waals surface area (Å²) in [6.07, 6.45) is 4.23. The molecule has 0 spiro atoms. The summed E-state index contributed by atoms with van der Waals surface area (Å²) < 4.78 is 0. The van der Waals surface area contributed by atoms with Gasteiger partial charge in [-0.3, -0.25) is 9.59 Å². The Kier molecular flexibility index (Phi) is 5.06. The van der Waals surface area contributed by atoms with E-state index in [9.17, 15) is 9.59 Å². The summed E-state index contributed by atoms with van der Waals surface area (Å²) in [6, 6.07) is 9.62. The number of amides is 1. The molecule has 1 aliphatic heterocycles. The molecule has 1 aromatic carbocycles. The van der Waals surface area contributed by atoms with Crippen molar-refractivity contribution in [1.29, 1.82) is 0 Å². The standard InChI is InChI=1S/C21H23N5O2/c1-15-3-5-18-17(13-15)14-16(20(28)24-18)4-6-19(27)25-9-11-26(12-10-25)21-22-7-2-8-23-21/h2-3,5,7-8,13-14H,4,6,9-12H2,1H3,(H,24,28). The SMILES string of the molecule is Cc1ccc2[nH]c(=O)c(CCC(=O)N3CCN(c4ncccn4)CC3)cc2c1. The van der Waals surface area contributed by atoms with E-state index in [0.29, 0.717) is 50.5 Å². The normalized spacial score (nSPS) is 14.5. The van der Waals surface area contributed by atoms with E-state index in [1.54, 1.807) is 18.5 Å². The number of H-pyrrole nitrogens is 1. The fourth-order valence-electron chi connectivity index (χ4n) is 3.57. The van der Waals surface area contributed by atoms with E-state index < -0.39 is 0 Å². The van der Waals surface area contributed by atoms with Gasteiger partial charge in [-0.1, -0.05) is 11.6 Å². The van der Waals surface area contributed by atoms with E-state index >= 15 is 0 Å². The lowest BCUT2D eigenvalue weighted by atomic mass is 10.1. The molecule has 4 rings (SSSR count). The molecule has 2 aromatic heterocycles. The lowest BCUT2D eigenvalue weighted by molar-refractivity contribution is -0.131. The van der Waals surface area contributed by atoms with Gasteiger partial charge >= 0.3 is 0 Å². The Balaban J connectivity index is 1.37. The number of hydrogen-bond donors (Lipinski definition) is 1. The van der Waals surface area contributed by atoms with Crippen molar-refractivity contribution in [1.82, 2.24) is 19.9 Å². The molecule has 1 fully saturated rings. The van der Waals surface area contributed by atoms with Crippen LogP contribution >= 0.6 is 0 Å². The molecule has 0 aliphatic carbocycles. The van der Waals surface area contributed by atoms with Gasteiger partial charge in [0.05, 0.1) is 0 Å². The van der Waals surface area contributed by atoms with Gasteiger partial charge in [-0.05, 0) is 43.0 Å². The van der Waals surface area contributed by atoms with E-state index in [4.69, 9.17) is 0 Å². The third-order valence-electron chi connectivity index (χ3n) is 5.15. The highest BCUT2D eigenvalue weighted by molar-refractivity contribution is 5.80. The minimum atomic E-state index is -0.116. The van der Waals surface area contributed by atoms with Crippen LogP contribution in [0.25, 0.3) is 10.9 Å². The van der Waals surface area contributed by atoms with Crippen LogP contribution in [0.5, 0.6) is 0 Å². The number of rotatable bonds is 4. The van der Waals surface area contributed by atoms with Crippen molar-refractivity contribution in [3.63, 3.8) is 0 Å². The van der Waals surface area contributed by atoms with Crippen LogP contribution in [0.4, 0.5) is 5.95 Å². The van der Waals surface area contributed by atoms with Crippen LogP contribution < -0.4 is 10.5 Å². The van der Waals surface area contributed by atoms with E-state index in [1.807, 2.05) is 36.1 Å². The second kappa shape index (κ2) is 7.80. The molecule has 28 heavy (non-hydrogen) atoms. The van der Waals surface area contributed by atoms with Crippen LogP contribution in [0.2, 0.25) is 0 Å². The van der Waals surface area contributed by atoms with Crippen LogP contribution in [0.1, 0.15) is 17.5 Å². The van der Waals surface area contributed by atoms with E-state index in [-0.39, 0.29) is 11.5 Å². The molecule has 7 nitrogen and oxygen atoms in total. The largest absolute Gasteiger partial charge is 0.339 e. The number of aryl methyl sites for hydroxylation is 2. The second-order valence-electron chi connectivity index (χ2n) is 7.13. The summed E-state index contributed by atoms with van der Waals surface area (Å²) in [7, 11) is 0. The summed E-state index contributed by atoms with van der Waals surface area (Å²) in [4.78, 5) is 40.3. The summed E-state index contributed by atoms with van der Waals surface area (Å²) in [5.41, 5.74) is 2.50. The van der Waals surface area contributed by atoms with Crippen molar-refractivity contribution in [2.24, 2.45) is 0 Å². The zero-order valence-electron chi connectivity index (χ0n) is 15.9. The predicted molar refractivity (Wildman–Crippen MR) is 108 cm³/mol. The number of hydrogen-bond acceptors (Lipinski definition) is 5. The van der Waals surface area contributed by atoms with Gasteiger partial charge in [-0.15, -0.1) is 0 Å². The van der Waals surface area contributed by atoms with Gasteiger partial charge in [0.1, 0.15) is 0 Å². The Morgan fingerprint density at radius 2 is 1.86 bits per heavy atom. The first-order chi connectivity index (χ1) is 13.6. The van der Waals surface area contributed by atoms with Crippen LogP contribution in [0, 0.1) is 6.92 Å². The fourth-order valence-corrected chi connectivity index (χ4v) is 3.57. The first-order valence-electron chi connectivity index (χ1n) is 9.52. The van der Waals surface area contributed by atoms with Crippen molar-refractivity contribution < 1.29 is 4.79 Å². The Morgan fingerprint density at radius 3 is 2.61 bits per heavy atom. The van der Waals surface area contributed by atoms with Crippen molar-refractivity contribution in [3.8, 4) is 0 Å². The molecule has 0 saturated carbocycles. The maximum atomic E-state index is 12.6. The number of nitrogens with one attached hydrogen (secondary N) is 1.